The average molecular weight is 302 g/mol. The average Bonchev–Trinajstić information content (AvgIpc) is 2.61. The zero-order valence-electron chi connectivity index (χ0n) is 13.0. The lowest BCUT2D eigenvalue weighted by molar-refractivity contribution is 0.416. The Hall–Kier alpha value is -3.07. The van der Waals surface area contributed by atoms with E-state index >= 15 is 0 Å². The quantitative estimate of drug-likeness (QED) is 0.561. The fourth-order valence-corrected chi connectivity index (χ4v) is 2.55. The first-order valence-electron chi connectivity index (χ1n) is 7.36. The molecule has 0 radical (unpaired) electrons. The summed E-state index contributed by atoms with van der Waals surface area (Å²) in [5.41, 5.74) is 10.5. The van der Waals surface area contributed by atoms with Crippen LogP contribution >= 0.6 is 0 Å². The Kier molecular flexibility index (Phi) is 4.11. The lowest BCUT2D eigenvalue weighted by atomic mass is 10.0. The highest BCUT2D eigenvalue weighted by Gasteiger charge is 2.09. The number of nitrogens with zero attached hydrogens (tertiary/aromatic N) is 1. The van der Waals surface area contributed by atoms with Crippen molar-refractivity contribution in [3.8, 4) is 17.0 Å². The maximum Gasteiger partial charge on any atom is 0.128 e. The Morgan fingerprint density at radius 3 is 2.65 bits per heavy atom. The van der Waals surface area contributed by atoms with Gasteiger partial charge in [-0.15, -0.1) is 0 Å². The molecule has 0 spiro atoms. The molecule has 3 rings (SSSR count). The molecule has 0 atom stereocenters. The van der Waals surface area contributed by atoms with Gasteiger partial charge in [0.15, 0.2) is 0 Å². The van der Waals surface area contributed by atoms with E-state index in [1.165, 1.54) is 0 Å². The third kappa shape index (κ3) is 2.81. The van der Waals surface area contributed by atoms with Gasteiger partial charge in [-0.25, -0.2) is 4.98 Å². The van der Waals surface area contributed by atoms with E-state index in [1.807, 2.05) is 60.7 Å². The van der Waals surface area contributed by atoms with Crippen molar-refractivity contribution in [1.29, 1.82) is 0 Å². The fraction of sp³-hybridized carbons (Fsp3) is 0.0500. The first-order chi connectivity index (χ1) is 11.2. The summed E-state index contributed by atoms with van der Waals surface area (Å²) in [6, 6.07) is 15.8. The molecule has 3 aromatic rings. The summed E-state index contributed by atoms with van der Waals surface area (Å²) in [5.74, 6) is 0.792. The highest BCUT2D eigenvalue weighted by molar-refractivity contribution is 5.95. The van der Waals surface area contributed by atoms with Crippen LogP contribution in [0.1, 0.15) is 5.56 Å². The Labute approximate surface area is 135 Å². The Bertz CT molecular complexity index is 897. The van der Waals surface area contributed by atoms with E-state index in [0.717, 1.165) is 33.5 Å². The van der Waals surface area contributed by atoms with E-state index in [0.29, 0.717) is 5.69 Å². The van der Waals surface area contributed by atoms with Crippen molar-refractivity contribution in [1.82, 2.24) is 4.98 Å². The molecule has 0 fully saturated rings. The molecule has 3 heteroatoms. The van der Waals surface area contributed by atoms with Gasteiger partial charge in [0.25, 0.3) is 0 Å². The van der Waals surface area contributed by atoms with Crippen LogP contribution in [0.2, 0.25) is 0 Å². The van der Waals surface area contributed by atoms with Crippen LogP contribution in [-0.2, 0) is 0 Å². The van der Waals surface area contributed by atoms with Crippen LogP contribution in [0.4, 0.5) is 5.69 Å². The monoisotopic (exact) mass is 302 g/mol. The molecule has 2 aromatic carbocycles. The first kappa shape index (κ1) is 14.9. The summed E-state index contributed by atoms with van der Waals surface area (Å²) in [5, 5.41) is 1.01. The van der Waals surface area contributed by atoms with E-state index in [9.17, 15) is 0 Å². The SMILES string of the molecule is C=C/C=C\c1ccc2ccc(-c3ccccc3OC)nc2c1N. The molecule has 0 saturated heterocycles. The summed E-state index contributed by atoms with van der Waals surface area (Å²) in [7, 11) is 1.66. The van der Waals surface area contributed by atoms with Crippen LogP contribution in [0, 0.1) is 0 Å². The van der Waals surface area contributed by atoms with Crippen LogP contribution in [0.3, 0.4) is 0 Å². The number of benzene rings is 2. The number of anilines is 1. The van der Waals surface area contributed by atoms with Crippen molar-refractivity contribution in [2.45, 2.75) is 0 Å². The van der Waals surface area contributed by atoms with Crippen LogP contribution in [-0.4, -0.2) is 12.1 Å². The van der Waals surface area contributed by atoms with Crippen LogP contribution in [0.15, 0.2) is 67.3 Å². The fourth-order valence-electron chi connectivity index (χ4n) is 2.55. The number of hydrogen-bond acceptors (Lipinski definition) is 3. The van der Waals surface area contributed by atoms with Gasteiger partial charge in [0.05, 0.1) is 24.0 Å². The maximum absolute atomic E-state index is 6.30. The van der Waals surface area contributed by atoms with Crippen molar-refractivity contribution in [3.63, 3.8) is 0 Å². The molecule has 23 heavy (non-hydrogen) atoms. The van der Waals surface area contributed by atoms with Crippen molar-refractivity contribution in [2.24, 2.45) is 0 Å². The number of nitrogens with two attached hydrogens (primary N) is 1. The highest BCUT2D eigenvalue weighted by atomic mass is 16.5. The van der Waals surface area contributed by atoms with Crippen LogP contribution < -0.4 is 10.5 Å². The molecule has 1 aromatic heterocycles. The van der Waals surface area contributed by atoms with E-state index < -0.39 is 0 Å². The van der Waals surface area contributed by atoms with Gasteiger partial charge in [0.2, 0.25) is 0 Å². The third-order valence-electron chi connectivity index (χ3n) is 3.73. The standard InChI is InChI=1S/C20H18N2O/c1-3-4-7-14-10-11-15-12-13-17(22-20(15)19(14)21)16-8-5-6-9-18(16)23-2/h3-13H,1,21H2,2H3/b7-4-. The summed E-state index contributed by atoms with van der Waals surface area (Å²) in [6.45, 7) is 3.68. The second-order valence-electron chi connectivity index (χ2n) is 5.13. The molecule has 0 saturated carbocycles. The summed E-state index contributed by atoms with van der Waals surface area (Å²) < 4.78 is 5.43. The number of fused-ring (bicyclic) bond motifs is 1. The third-order valence-corrected chi connectivity index (χ3v) is 3.73. The number of nitrogen functional groups attached to an aromatic ring is 1. The molecule has 1 heterocycles. The van der Waals surface area contributed by atoms with Gasteiger partial charge in [-0.05, 0) is 23.8 Å². The van der Waals surface area contributed by atoms with Gasteiger partial charge in [-0.3, -0.25) is 0 Å². The lowest BCUT2D eigenvalue weighted by Gasteiger charge is -2.10. The molecule has 0 amide bonds. The summed E-state index contributed by atoms with van der Waals surface area (Å²) >= 11 is 0. The molecular formula is C20H18N2O. The van der Waals surface area contributed by atoms with Crippen molar-refractivity contribution >= 4 is 22.7 Å². The number of pyridine rings is 1. The van der Waals surface area contributed by atoms with Gasteiger partial charge in [-0.2, -0.15) is 0 Å². The number of aromatic nitrogens is 1. The topological polar surface area (TPSA) is 48.1 Å². The van der Waals surface area contributed by atoms with Crippen LogP contribution in [0.5, 0.6) is 5.75 Å². The lowest BCUT2D eigenvalue weighted by Crippen LogP contribution is -1.95. The first-order valence-corrected chi connectivity index (χ1v) is 7.36. The molecule has 0 aliphatic carbocycles. The van der Waals surface area contributed by atoms with Crippen LogP contribution in [0.25, 0.3) is 28.2 Å². The molecule has 114 valence electrons. The minimum absolute atomic E-state index is 0.664. The van der Waals surface area contributed by atoms with Crippen molar-refractivity contribution in [2.75, 3.05) is 12.8 Å². The summed E-state index contributed by atoms with van der Waals surface area (Å²) in [6.07, 6.45) is 5.52. The number of methoxy groups -OCH3 is 1. The Morgan fingerprint density at radius 2 is 1.87 bits per heavy atom. The number of allylic oxidation sites excluding steroid dienone is 2. The molecule has 3 nitrogen and oxygen atoms in total. The van der Waals surface area contributed by atoms with Crippen molar-refractivity contribution in [3.05, 3.63) is 72.8 Å². The molecule has 0 aliphatic heterocycles. The zero-order valence-corrected chi connectivity index (χ0v) is 13.0. The van der Waals surface area contributed by atoms with Gasteiger partial charge < -0.3 is 10.5 Å². The molecule has 0 bridgehead atoms. The van der Waals surface area contributed by atoms with E-state index in [1.54, 1.807) is 13.2 Å². The van der Waals surface area contributed by atoms with Crippen molar-refractivity contribution < 1.29 is 4.74 Å². The Morgan fingerprint density at radius 1 is 1.09 bits per heavy atom. The maximum atomic E-state index is 6.30. The van der Waals surface area contributed by atoms with E-state index in [-0.39, 0.29) is 0 Å². The molecular weight excluding hydrogens is 284 g/mol. The normalized spacial score (nSPS) is 11.0. The predicted octanol–water partition coefficient (Wildman–Crippen LogP) is 4.69. The number of ether oxygens (including phenoxy) is 1. The molecule has 0 unspecified atom stereocenters. The minimum Gasteiger partial charge on any atom is -0.496 e. The number of rotatable bonds is 4. The second-order valence-corrected chi connectivity index (χ2v) is 5.13. The Balaban J connectivity index is 2.19. The van der Waals surface area contributed by atoms with E-state index in [4.69, 9.17) is 15.5 Å². The predicted molar refractivity (Wildman–Crippen MR) is 97.4 cm³/mol. The van der Waals surface area contributed by atoms with E-state index in [2.05, 4.69) is 6.58 Å². The van der Waals surface area contributed by atoms with Gasteiger partial charge in [0.1, 0.15) is 5.75 Å². The number of hydrogen-bond donors (Lipinski definition) is 1. The zero-order chi connectivity index (χ0) is 16.2. The molecule has 2 N–H and O–H groups in total. The molecule has 0 aliphatic rings. The number of para-hydroxylation sites is 1. The van der Waals surface area contributed by atoms with Gasteiger partial charge in [-0.1, -0.05) is 55.1 Å². The van der Waals surface area contributed by atoms with Gasteiger partial charge in [0, 0.05) is 10.9 Å². The van der Waals surface area contributed by atoms with Gasteiger partial charge >= 0.3 is 0 Å². The largest absolute Gasteiger partial charge is 0.496 e. The summed E-state index contributed by atoms with van der Waals surface area (Å²) in [4.78, 5) is 4.76. The highest BCUT2D eigenvalue weighted by Crippen LogP contribution is 2.31. The smallest absolute Gasteiger partial charge is 0.128 e. The second kappa shape index (κ2) is 6.36. The minimum atomic E-state index is 0.664.